The van der Waals surface area contributed by atoms with E-state index < -0.39 is 17.9 Å². The number of nitrogens with one attached hydrogen (secondary N) is 1. The molecule has 4 N–H and O–H groups in total. The molecular weight excluding hydrogens is 136 g/mol. The third-order valence-electron chi connectivity index (χ3n) is 1.000. The van der Waals surface area contributed by atoms with Gasteiger partial charge in [-0.3, -0.25) is 15.3 Å². The normalized spacial score (nSPS) is 12.5. The molecule has 0 rings (SSSR count). The second kappa shape index (κ2) is 3.84. The third-order valence-corrected chi connectivity index (χ3v) is 1.000. The van der Waals surface area contributed by atoms with E-state index in [1.807, 2.05) is 0 Å². The van der Waals surface area contributed by atoms with E-state index in [-0.39, 0.29) is 12.8 Å². The number of aliphatic carboxylic acids is 1. The van der Waals surface area contributed by atoms with Crippen molar-refractivity contribution in [3.8, 4) is 0 Å². The first-order chi connectivity index (χ1) is 4.54. The zero-order valence-corrected chi connectivity index (χ0v) is 5.33. The molecule has 0 bridgehead atoms. The number of hydrogen-bond donors (Lipinski definition) is 2. The Hall–Kier alpha value is -1.10. The molecule has 5 heteroatoms. The molecule has 1 atom stereocenters. The molecule has 0 aromatic rings. The average molecular weight is 145 g/mol. The molecule has 0 aromatic heterocycles. The molecule has 0 aliphatic rings. The van der Waals surface area contributed by atoms with Gasteiger partial charge in [0.05, 0.1) is 0 Å². The molecule has 0 saturated carbocycles. The Labute approximate surface area is 58.0 Å². The number of hydrogen-bond acceptors (Lipinski definition) is 3. The summed E-state index contributed by atoms with van der Waals surface area (Å²) in [4.78, 5) is 20.0. The zero-order valence-electron chi connectivity index (χ0n) is 5.33. The number of nitrogens with two attached hydrogens (primary N) is 1. The van der Waals surface area contributed by atoms with Crippen LogP contribution in [0.3, 0.4) is 0 Å². The summed E-state index contributed by atoms with van der Waals surface area (Å²) < 4.78 is 0. The Balaban J connectivity index is 3.49. The van der Waals surface area contributed by atoms with Gasteiger partial charge in [-0.25, -0.2) is 0 Å². The molecule has 1 radical (unpaired) electrons. The maximum atomic E-state index is 10.0. The highest BCUT2D eigenvalue weighted by Crippen LogP contribution is 1.93. The van der Waals surface area contributed by atoms with E-state index in [4.69, 9.17) is 16.6 Å². The van der Waals surface area contributed by atoms with Crippen LogP contribution in [0.4, 0.5) is 0 Å². The number of carboxylic acid groups (broad SMARTS) is 1. The summed E-state index contributed by atoms with van der Waals surface area (Å²) in [6.45, 7) is 0. The maximum absolute atomic E-state index is 10.0. The maximum Gasteiger partial charge on any atom is 0.320 e. The fraction of sp³-hybridized carbons (Fsp3) is 0.600. The first kappa shape index (κ1) is 8.90. The summed E-state index contributed by atoms with van der Waals surface area (Å²) >= 11 is 0. The molecule has 5 nitrogen and oxygen atoms in total. The molecule has 0 heterocycles. The van der Waals surface area contributed by atoms with E-state index in [1.54, 1.807) is 0 Å². The predicted molar refractivity (Wildman–Crippen MR) is 32.9 cm³/mol. The topological polar surface area (TPSA) is 104 Å². The molecule has 0 aliphatic heterocycles. The largest absolute Gasteiger partial charge is 0.480 e. The van der Waals surface area contributed by atoms with Gasteiger partial charge in [0.25, 0.3) is 0 Å². The van der Waals surface area contributed by atoms with Crippen molar-refractivity contribution in [2.45, 2.75) is 18.9 Å². The van der Waals surface area contributed by atoms with Crippen LogP contribution >= 0.6 is 0 Å². The van der Waals surface area contributed by atoms with E-state index in [0.29, 0.717) is 0 Å². The van der Waals surface area contributed by atoms with Crippen LogP contribution in [0.15, 0.2) is 0 Å². The van der Waals surface area contributed by atoms with Gasteiger partial charge in [-0.15, -0.1) is 0 Å². The van der Waals surface area contributed by atoms with Gasteiger partial charge >= 0.3 is 5.97 Å². The second-order valence-corrected chi connectivity index (χ2v) is 1.91. The fourth-order valence-corrected chi connectivity index (χ4v) is 0.410. The van der Waals surface area contributed by atoms with Gasteiger partial charge in [0.2, 0.25) is 5.91 Å². The number of carbonyl (C=O) groups excluding carboxylic acids is 1. The molecule has 10 heavy (non-hydrogen) atoms. The standard InChI is InChI=1S/C5H9N2O3/c6-3(5(9)10)1-2-4(7)8/h3,7H,1-2,6H2,(H,9,10). The van der Waals surface area contributed by atoms with Gasteiger partial charge in [-0.2, -0.15) is 0 Å². The van der Waals surface area contributed by atoms with Crippen molar-refractivity contribution in [2.24, 2.45) is 5.73 Å². The monoisotopic (exact) mass is 145 g/mol. The summed E-state index contributed by atoms with van der Waals surface area (Å²) in [5.74, 6) is -1.92. The van der Waals surface area contributed by atoms with Crippen molar-refractivity contribution in [1.82, 2.24) is 5.73 Å². The number of amides is 1. The third kappa shape index (κ3) is 3.85. The van der Waals surface area contributed by atoms with Gasteiger partial charge in [0.1, 0.15) is 6.04 Å². The van der Waals surface area contributed by atoms with Gasteiger partial charge in [-0.1, -0.05) is 0 Å². The van der Waals surface area contributed by atoms with Crippen LogP contribution < -0.4 is 11.5 Å². The van der Waals surface area contributed by atoms with Crippen molar-refractivity contribution in [1.29, 1.82) is 0 Å². The first-order valence-corrected chi connectivity index (χ1v) is 2.77. The van der Waals surface area contributed by atoms with Crippen molar-refractivity contribution in [3.05, 3.63) is 0 Å². The van der Waals surface area contributed by atoms with Crippen LogP contribution in [-0.2, 0) is 9.59 Å². The minimum absolute atomic E-state index is 0.0394. The van der Waals surface area contributed by atoms with Crippen LogP contribution in [0.5, 0.6) is 0 Å². The number of rotatable bonds is 4. The van der Waals surface area contributed by atoms with Crippen molar-refractivity contribution < 1.29 is 14.7 Å². The van der Waals surface area contributed by atoms with E-state index in [1.165, 1.54) is 0 Å². The van der Waals surface area contributed by atoms with Crippen molar-refractivity contribution in [2.75, 3.05) is 0 Å². The quantitative estimate of drug-likeness (QED) is 0.528. The van der Waals surface area contributed by atoms with Gasteiger partial charge in [0.15, 0.2) is 0 Å². The zero-order chi connectivity index (χ0) is 8.15. The summed E-state index contributed by atoms with van der Waals surface area (Å²) in [6.07, 6.45) is -0.0505. The van der Waals surface area contributed by atoms with Crippen LogP contribution in [0.2, 0.25) is 0 Å². The van der Waals surface area contributed by atoms with E-state index >= 15 is 0 Å². The second-order valence-electron chi connectivity index (χ2n) is 1.91. The lowest BCUT2D eigenvalue weighted by Gasteiger charge is -2.01. The Morgan fingerprint density at radius 3 is 2.40 bits per heavy atom. The van der Waals surface area contributed by atoms with Gasteiger partial charge in [0, 0.05) is 6.42 Å². The Kier molecular flexibility index (Phi) is 3.42. The summed E-state index contributed by atoms with van der Waals surface area (Å²) in [5, 5.41) is 8.20. The van der Waals surface area contributed by atoms with Crippen LogP contribution in [-0.4, -0.2) is 23.0 Å². The van der Waals surface area contributed by atoms with Crippen molar-refractivity contribution >= 4 is 11.9 Å². The van der Waals surface area contributed by atoms with Gasteiger partial charge in [-0.05, 0) is 6.42 Å². The lowest BCUT2D eigenvalue weighted by Crippen LogP contribution is -2.30. The molecule has 0 aliphatic carbocycles. The van der Waals surface area contributed by atoms with Crippen LogP contribution in [0, 0.1) is 0 Å². The van der Waals surface area contributed by atoms with Gasteiger partial charge < -0.3 is 10.8 Å². The smallest absolute Gasteiger partial charge is 0.320 e. The van der Waals surface area contributed by atoms with E-state index in [0.717, 1.165) is 0 Å². The van der Waals surface area contributed by atoms with Crippen LogP contribution in [0.25, 0.3) is 0 Å². The lowest BCUT2D eigenvalue weighted by atomic mass is 10.2. The summed E-state index contributed by atoms with van der Waals surface area (Å²) in [6, 6.07) is -1.02. The highest BCUT2D eigenvalue weighted by Gasteiger charge is 2.11. The molecule has 0 fully saturated rings. The summed E-state index contributed by atoms with van der Waals surface area (Å²) in [7, 11) is 0. The highest BCUT2D eigenvalue weighted by molar-refractivity contribution is 5.76. The minimum Gasteiger partial charge on any atom is -0.480 e. The molecular formula is C5H9N2O3. The molecule has 0 spiro atoms. The molecule has 1 amide bonds. The SMILES string of the molecule is [NH]C(=O)CCC(N)C(=O)O. The van der Waals surface area contributed by atoms with Crippen molar-refractivity contribution in [3.63, 3.8) is 0 Å². The fourth-order valence-electron chi connectivity index (χ4n) is 0.410. The highest BCUT2D eigenvalue weighted by atomic mass is 16.4. The molecule has 57 valence electrons. The number of carboxylic acids is 1. The van der Waals surface area contributed by atoms with E-state index in [9.17, 15) is 9.59 Å². The average Bonchev–Trinajstić information content (AvgIpc) is 1.82. The Bertz CT molecular complexity index is 146. The van der Waals surface area contributed by atoms with Crippen LogP contribution in [0.1, 0.15) is 12.8 Å². The van der Waals surface area contributed by atoms with E-state index in [2.05, 4.69) is 0 Å². The predicted octanol–water partition coefficient (Wildman–Crippen LogP) is -1.01. The summed E-state index contributed by atoms with van der Waals surface area (Å²) in [5.41, 5.74) is 11.5. The molecule has 1 unspecified atom stereocenters. The number of carbonyl (C=O) groups is 2. The minimum atomic E-state index is -1.14. The Morgan fingerprint density at radius 1 is 1.60 bits per heavy atom. The first-order valence-electron chi connectivity index (χ1n) is 2.77. The molecule has 0 saturated heterocycles. The Morgan fingerprint density at radius 2 is 2.10 bits per heavy atom. The lowest BCUT2D eigenvalue weighted by molar-refractivity contribution is -0.138. The molecule has 0 aromatic carbocycles.